The Morgan fingerprint density at radius 3 is 2.77 bits per heavy atom. The van der Waals surface area contributed by atoms with Gasteiger partial charge < -0.3 is 14.3 Å². The van der Waals surface area contributed by atoms with E-state index < -0.39 is 0 Å². The molecule has 4 nitrogen and oxygen atoms in total. The molecule has 112 valence electrons. The van der Waals surface area contributed by atoms with E-state index in [1.807, 2.05) is 0 Å². The maximum atomic E-state index is 12.2. The third kappa shape index (κ3) is 2.46. The van der Waals surface area contributed by atoms with Crippen LogP contribution >= 0.6 is 27.5 Å². The second-order valence-corrected chi connectivity index (χ2v) is 5.86. The Balaban J connectivity index is 2.30. The first kappa shape index (κ1) is 14.9. The van der Waals surface area contributed by atoms with E-state index in [0.717, 1.165) is 0 Å². The van der Waals surface area contributed by atoms with Crippen molar-refractivity contribution in [2.75, 3.05) is 7.11 Å². The molecule has 1 heterocycles. The highest BCUT2D eigenvalue weighted by Crippen LogP contribution is 2.38. The van der Waals surface area contributed by atoms with Gasteiger partial charge in [0.2, 0.25) is 0 Å². The quantitative estimate of drug-likeness (QED) is 0.705. The fourth-order valence-electron chi connectivity index (χ4n) is 2.17. The summed E-state index contributed by atoms with van der Waals surface area (Å²) in [6.45, 7) is 0. The average Bonchev–Trinajstić information content (AvgIpc) is 2.50. The molecule has 0 aliphatic heterocycles. The largest absolute Gasteiger partial charge is 0.504 e. The number of hydrogen-bond acceptors (Lipinski definition) is 4. The van der Waals surface area contributed by atoms with Crippen molar-refractivity contribution in [1.29, 1.82) is 0 Å². The first-order valence-corrected chi connectivity index (χ1v) is 7.47. The molecule has 0 saturated heterocycles. The molecule has 6 heteroatoms. The van der Waals surface area contributed by atoms with Crippen LogP contribution in [0.2, 0.25) is 5.02 Å². The number of para-hydroxylation sites is 1. The van der Waals surface area contributed by atoms with Gasteiger partial charge in [-0.3, -0.25) is 4.79 Å². The van der Waals surface area contributed by atoms with Gasteiger partial charge in [0, 0.05) is 16.1 Å². The highest BCUT2D eigenvalue weighted by atomic mass is 79.9. The number of benzene rings is 2. The minimum Gasteiger partial charge on any atom is -0.504 e. The van der Waals surface area contributed by atoms with Crippen LogP contribution in [0, 0.1) is 0 Å². The fourth-order valence-corrected chi connectivity index (χ4v) is 2.90. The second-order valence-electron chi connectivity index (χ2n) is 4.60. The lowest BCUT2D eigenvalue weighted by molar-refractivity contribution is 0.373. The molecule has 3 rings (SSSR count). The van der Waals surface area contributed by atoms with E-state index >= 15 is 0 Å². The molecule has 0 bridgehead atoms. The van der Waals surface area contributed by atoms with Crippen LogP contribution in [0.5, 0.6) is 11.5 Å². The predicted octanol–water partition coefficient (Wildman–Crippen LogP) is 4.59. The topological polar surface area (TPSA) is 59.7 Å². The van der Waals surface area contributed by atoms with Crippen LogP contribution < -0.4 is 10.2 Å². The molecule has 1 aromatic heterocycles. The van der Waals surface area contributed by atoms with Gasteiger partial charge in [0.1, 0.15) is 5.76 Å². The number of halogens is 2. The maximum Gasteiger partial charge on any atom is 0.193 e. The Kier molecular flexibility index (Phi) is 3.85. The van der Waals surface area contributed by atoms with Gasteiger partial charge in [0.15, 0.2) is 22.5 Å². The summed E-state index contributed by atoms with van der Waals surface area (Å²) >= 11 is 9.47. The van der Waals surface area contributed by atoms with Gasteiger partial charge in [0.05, 0.1) is 17.5 Å². The van der Waals surface area contributed by atoms with Gasteiger partial charge in [-0.05, 0) is 40.2 Å². The van der Waals surface area contributed by atoms with Gasteiger partial charge in [-0.2, -0.15) is 0 Å². The third-order valence-corrected chi connectivity index (χ3v) is 4.19. The molecule has 0 saturated carbocycles. The average molecular weight is 382 g/mol. The molecular weight excluding hydrogens is 372 g/mol. The zero-order valence-electron chi connectivity index (χ0n) is 11.4. The highest BCUT2D eigenvalue weighted by molar-refractivity contribution is 9.10. The summed E-state index contributed by atoms with van der Waals surface area (Å²) < 4.78 is 11.4. The number of fused-ring (bicyclic) bond motifs is 1. The van der Waals surface area contributed by atoms with Crippen LogP contribution in [0.25, 0.3) is 22.3 Å². The summed E-state index contributed by atoms with van der Waals surface area (Å²) in [6.07, 6.45) is 0. The van der Waals surface area contributed by atoms with E-state index in [2.05, 4.69) is 15.9 Å². The molecule has 3 aromatic rings. The maximum absolute atomic E-state index is 12.2. The Morgan fingerprint density at radius 2 is 2.05 bits per heavy atom. The second kappa shape index (κ2) is 5.66. The normalized spacial score (nSPS) is 10.9. The molecule has 0 spiro atoms. The smallest absolute Gasteiger partial charge is 0.193 e. The number of aromatic hydroxyl groups is 1. The molecule has 0 atom stereocenters. The van der Waals surface area contributed by atoms with Crippen LogP contribution in [-0.2, 0) is 0 Å². The molecule has 0 aliphatic rings. The van der Waals surface area contributed by atoms with Crippen molar-refractivity contribution in [1.82, 2.24) is 0 Å². The minimum atomic E-state index is -0.207. The molecule has 0 unspecified atom stereocenters. The predicted molar refractivity (Wildman–Crippen MR) is 88.8 cm³/mol. The van der Waals surface area contributed by atoms with Crippen molar-refractivity contribution in [2.24, 2.45) is 0 Å². The summed E-state index contributed by atoms with van der Waals surface area (Å²) in [5.74, 6) is 0.565. The van der Waals surface area contributed by atoms with Crippen LogP contribution in [0.4, 0.5) is 0 Å². The SMILES string of the molecule is COc1cc(Br)c(-c2cc(=O)c3cccc(Cl)c3o2)cc1O. The molecule has 22 heavy (non-hydrogen) atoms. The molecule has 1 N–H and O–H groups in total. The first-order chi connectivity index (χ1) is 10.5. The van der Waals surface area contributed by atoms with E-state index in [9.17, 15) is 9.90 Å². The summed E-state index contributed by atoms with van der Waals surface area (Å²) in [7, 11) is 1.46. The van der Waals surface area contributed by atoms with Crippen molar-refractivity contribution < 1.29 is 14.3 Å². The van der Waals surface area contributed by atoms with Gasteiger partial charge >= 0.3 is 0 Å². The van der Waals surface area contributed by atoms with Crippen molar-refractivity contribution >= 4 is 38.5 Å². The molecule has 0 amide bonds. The fraction of sp³-hybridized carbons (Fsp3) is 0.0625. The first-order valence-electron chi connectivity index (χ1n) is 6.30. The van der Waals surface area contributed by atoms with E-state index in [1.165, 1.54) is 19.2 Å². The number of rotatable bonds is 2. The van der Waals surface area contributed by atoms with E-state index in [1.54, 1.807) is 24.3 Å². The van der Waals surface area contributed by atoms with Crippen molar-refractivity contribution in [2.45, 2.75) is 0 Å². The lowest BCUT2D eigenvalue weighted by Gasteiger charge is -2.09. The molecule has 0 aliphatic carbocycles. The number of phenols is 1. The van der Waals surface area contributed by atoms with Crippen LogP contribution in [0.1, 0.15) is 0 Å². The lowest BCUT2D eigenvalue weighted by atomic mass is 10.1. The standard InChI is InChI=1S/C16H10BrClO4/c1-21-15-6-10(17)9(5-13(15)20)14-7-12(19)8-3-2-4-11(18)16(8)22-14/h2-7,20H,1H3. The van der Waals surface area contributed by atoms with E-state index in [0.29, 0.717) is 37.5 Å². The van der Waals surface area contributed by atoms with E-state index in [-0.39, 0.29) is 11.2 Å². The van der Waals surface area contributed by atoms with Gasteiger partial charge in [0.25, 0.3) is 0 Å². The lowest BCUT2D eigenvalue weighted by Crippen LogP contribution is -2.00. The summed E-state index contributed by atoms with van der Waals surface area (Å²) in [5.41, 5.74) is 0.632. The highest BCUT2D eigenvalue weighted by Gasteiger charge is 2.14. The van der Waals surface area contributed by atoms with Crippen molar-refractivity contribution in [3.05, 3.63) is 56.1 Å². The Labute approximate surface area is 139 Å². The number of ether oxygens (including phenoxy) is 1. The number of methoxy groups -OCH3 is 1. The van der Waals surface area contributed by atoms with Crippen LogP contribution in [0.15, 0.2) is 50.1 Å². The van der Waals surface area contributed by atoms with Gasteiger partial charge in [-0.1, -0.05) is 17.7 Å². The summed E-state index contributed by atoms with van der Waals surface area (Å²) in [6, 6.07) is 9.42. The van der Waals surface area contributed by atoms with Crippen molar-refractivity contribution in [3.63, 3.8) is 0 Å². The number of hydrogen-bond donors (Lipinski definition) is 1. The Bertz CT molecular complexity index is 933. The third-order valence-electron chi connectivity index (χ3n) is 3.24. The molecule has 2 aromatic carbocycles. The van der Waals surface area contributed by atoms with E-state index in [4.69, 9.17) is 20.8 Å². The Morgan fingerprint density at radius 1 is 1.27 bits per heavy atom. The van der Waals surface area contributed by atoms with Gasteiger partial charge in [-0.25, -0.2) is 0 Å². The molecule has 0 radical (unpaired) electrons. The number of phenolic OH excluding ortho intramolecular Hbond substituents is 1. The summed E-state index contributed by atoms with van der Waals surface area (Å²) in [4.78, 5) is 12.2. The zero-order chi connectivity index (χ0) is 15.9. The zero-order valence-corrected chi connectivity index (χ0v) is 13.7. The van der Waals surface area contributed by atoms with Gasteiger partial charge in [-0.15, -0.1) is 0 Å². The van der Waals surface area contributed by atoms with Crippen LogP contribution in [-0.4, -0.2) is 12.2 Å². The minimum absolute atomic E-state index is 0.0531. The summed E-state index contributed by atoms with van der Waals surface area (Å²) in [5, 5.41) is 10.7. The molecule has 0 fully saturated rings. The monoisotopic (exact) mass is 380 g/mol. The van der Waals surface area contributed by atoms with Crippen molar-refractivity contribution in [3.8, 4) is 22.8 Å². The molecular formula is C16H10BrClO4. The van der Waals surface area contributed by atoms with Crippen LogP contribution in [0.3, 0.4) is 0 Å². The Hall–Kier alpha value is -1.98.